The van der Waals surface area contributed by atoms with Crippen LogP contribution in [0.3, 0.4) is 0 Å². The van der Waals surface area contributed by atoms with Crippen molar-refractivity contribution in [3.8, 4) is 22.8 Å². The Morgan fingerprint density at radius 2 is 1.72 bits per heavy atom. The summed E-state index contributed by atoms with van der Waals surface area (Å²) >= 11 is 0. The Hall–Kier alpha value is -5.51. The van der Waals surface area contributed by atoms with Crippen LogP contribution in [0, 0.1) is 11.8 Å². The van der Waals surface area contributed by atoms with Gasteiger partial charge in [0.15, 0.2) is 11.5 Å². The van der Waals surface area contributed by atoms with Crippen molar-refractivity contribution in [2.75, 3.05) is 33.9 Å². The zero-order valence-corrected chi connectivity index (χ0v) is 31.1. The summed E-state index contributed by atoms with van der Waals surface area (Å²) in [4.78, 5) is 51.4. The minimum Gasteiger partial charge on any atom is -0.493 e. The molecule has 0 bridgehead atoms. The number of aromatic amines is 1. The lowest BCUT2D eigenvalue weighted by Crippen LogP contribution is -2.66. The number of carbonyl (C=O) groups is 3. The van der Waals surface area contributed by atoms with Gasteiger partial charge in [-0.1, -0.05) is 48.5 Å². The van der Waals surface area contributed by atoms with Crippen LogP contribution in [0.1, 0.15) is 60.9 Å². The molecule has 0 aliphatic carbocycles. The van der Waals surface area contributed by atoms with Gasteiger partial charge in [-0.25, -0.2) is 0 Å². The number of hydrogen-bond acceptors (Lipinski definition) is 6. The van der Waals surface area contributed by atoms with Gasteiger partial charge < -0.3 is 34.0 Å². The van der Waals surface area contributed by atoms with Crippen LogP contribution >= 0.6 is 0 Å². The summed E-state index contributed by atoms with van der Waals surface area (Å²) in [5, 5.41) is 4.13. The minimum absolute atomic E-state index is 0.00718. The molecule has 10 nitrogen and oxygen atoms in total. The first-order valence-corrected chi connectivity index (χ1v) is 19.2. The largest absolute Gasteiger partial charge is 0.493 e. The Labute approximate surface area is 315 Å². The van der Waals surface area contributed by atoms with Crippen LogP contribution in [0.2, 0.25) is 0 Å². The van der Waals surface area contributed by atoms with Crippen molar-refractivity contribution in [1.82, 2.24) is 20.1 Å². The Morgan fingerprint density at radius 1 is 0.907 bits per heavy atom. The molecule has 0 spiro atoms. The Morgan fingerprint density at radius 3 is 2.48 bits per heavy atom. The monoisotopic (exact) mass is 728 g/mol. The third-order valence-electron chi connectivity index (χ3n) is 11.9. The number of carbonyl (C=O) groups excluding carboxylic acids is 3. The maximum absolute atomic E-state index is 15.1. The lowest BCUT2D eigenvalue weighted by atomic mass is 9.64. The third kappa shape index (κ3) is 6.52. The normalized spacial score (nSPS) is 21.0. The molecule has 3 aromatic carbocycles. The topological polar surface area (TPSA) is 117 Å². The first kappa shape index (κ1) is 35.5. The summed E-state index contributed by atoms with van der Waals surface area (Å²) in [6.07, 6.45) is 6.94. The van der Waals surface area contributed by atoms with Crippen LogP contribution in [0.4, 0.5) is 0 Å². The highest BCUT2D eigenvalue weighted by atomic mass is 16.5. The summed E-state index contributed by atoms with van der Waals surface area (Å²) in [6.45, 7) is 2.17. The van der Waals surface area contributed by atoms with E-state index >= 15 is 4.79 Å². The van der Waals surface area contributed by atoms with Gasteiger partial charge in [0.25, 0.3) is 0 Å². The predicted octanol–water partition coefficient (Wildman–Crippen LogP) is 7.01. The number of aromatic nitrogens is 1. The molecule has 54 heavy (non-hydrogen) atoms. The molecule has 5 heterocycles. The molecular formula is C44H48N4O6. The smallest absolute Gasteiger partial charge is 0.228 e. The van der Waals surface area contributed by atoms with Crippen molar-refractivity contribution in [2.45, 2.75) is 63.5 Å². The summed E-state index contributed by atoms with van der Waals surface area (Å²) in [6, 6.07) is 26.0. The standard InChI is InChI=1S/C44H48N4O6/c1-52-38-16-13-30(24-39(38)53-2)28-45-40(49)27-32-25-35(43(51)47-20-7-4-8-21-47)44(19-17-29-10-5-3-6-11-29)41-34(18-22-48(44)42(32)50)33-15-14-31(26-36(33)46-41)37-12-9-23-54-37/h3,5-6,9-16,23-24,26,32,35,46H,4,7-8,17-22,25,27-28H2,1-2H3,(H,45,49)/t32-,35-,44+/m1/s1. The molecule has 3 amide bonds. The molecule has 0 radical (unpaired) electrons. The van der Waals surface area contributed by atoms with Gasteiger partial charge in [0.2, 0.25) is 17.7 Å². The number of nitrogens with zero attached hydrogens (tertiary/aromatic N) is 2. The van der Waals surface area contributed by atoms with Crippen molar-refractivity contribution in [1.29, 1.82) is 0 Å². The lowest BCUT2D eigenvalue weighted by Gasteiger charge is -2.56. The van der Waals surface area contributed by atoms with Gasteiger partial charge in [-0.15, -0.1) is 0 Å². The second-order valence-corrected chi connectivity index (χ2v) is 14.9. The average Bonchev–Trinajstić information content (AvgIpc) is 3.90. The summed E-state index contributed by atoms with van der Waals surface area (Å²) in [7, 11) is 3.16. The third-order valence-corrected chi connectivity index (χ3v) is 11.9. The molecule has 8 rings (SSSR count). The van der Waals surface area contributed by atoms with Gasteiger partial charge >= 0.3 is 0 Å². The summed E-state index contributed by atoms with van der Waals surface area (Å²) < 4.78 is 16.6. The first-order chi connectivity index (χ1) is 26.4. The molecular weight excluding hydrogens is 681 g/mol. The fraction of sp³-hybridized carbons (Fsp3) is 0.386. The molecule has 280 valence electrons. The van der Waals surface area contributed by atoms with E-state index in [1.807, 2.05) is 58.3 Å². The predicted molar refractivity (Wildman–Crippen MR) is 206 cm³/mol. The van der Waals surface area contributed by atoms with E-state index in [1.54, 1.807) is 20.5 Å². The number of likely N-dealkylation sites (tertiary alicyclic amines) is 1. The molecule has 0 saturated carbocycles. The van der Waals surface area contributed by atoms with Crippen molar-refractivity contribution < 1.29 is 28.3 Å². The van der Waals surface area contributed by atoms with E-state index in [9.17, 15) is 9.59 Å². The fourth-order valence-corrected chi connectivity index (χ4v) is 9.22. The summed E-state index contributed by atoms with van der Waals surface area (Å²) in [5.74, 6) is 0.606. The van der Waals surface area contributed by atoms with Crippen LogP contribution in [-0.2, 0) is 39.3 Å². The van der Waals surface area contributed by atoms with Crippen molar-refractivity contribution >= 4 is 28.6 Å². The number of hydrogen-bond donors (Lipinski definition) is 2. The maximum atomic E-state index is 15.1. The number of methoxy groups -OCH3 is 2. The van der Waals surface area contributed by atoms with Gasteiger partial charge in [-0.05, 0) is 92.0 Å². The molecule has 2 saturated heterocycles. The first-order valence-electron chi connectivity index (χ1n) is 19.2. The van der Waals surface area contributed by atoms with E-state index in [4.69, 9.17) is 13.9 Å². The molecule has 3 aliphatic heterocycles. The van der Waals surface area contributed by atoms with Crippen LogP contribution in [0.15, 0.2) is 89.5 Å². The van der Waals surface area contributed by atoms with Crippen LogP contribution in [-0.4, -0.2) is 66.4 Å². The number of H-pyrrole nitrogens is 1. The van der Waals surface area contributed by atoms with Crippen molar-refractivity contribution in [3.05, 3.63) is 108 Å². The molecule has 2 N–H and O–H groups in total. The van der Waals surface area contributed by atoms with Gasteiger partial charge in [0.05, 0.1) is 31.9 Å². The van der Waals surface area contributed by atoms with E-state index in [0.29, 0.717) is 56.8 Å². The van der Waals surface area contributed by atoms with Crippen LogP contribution in [0.25, 0.3) is 22.2 Å². The van der Waals surface area contributed by atoms with E-state index in [-0.39, 0.29) is 30.7 Å². The van der Waals surface area contributed by atoms with E-state index in [2.05, 4.69) is 40.6 Å². The number of ether oxygens (including phenoxy) is 2. The molecule has 3 aliphatic rings. The fourth-order valence-electron chi connectivity index (χ4n) is 9.22. The number of benzene rings is 3. The number of furan rings is 1. The molecule has 3 atom stereocenters. The highest BCUT2D eigenvalue weighted by molar-refractivity contribution is 5.94. The number of piperidine rings is 2. The van der Waals surface area contributed by atoms with E-state index in [1.165, 1.54) is 0 Å². The van der Waals surface area contributed by atoms with E-state index in [0.717, 1.165) is 63.9 Å². The second kappa shape index (κ2) is 15.1. The molecule has 2 aromatic heterocycles. The van der Waals surface area contributed by atoms with Crippen LogP contribution < -0.4 is 14.8 Å². The van der Waals surface area contributed by atoms with Gasteiger partial charge in [0, 0.05) is 60.7 Å². The van der Waals surface area contributed by atoms with Crippen molar-refractivity contribution in [3.63, 3.8) is 0 Å². The second-order valence-electron chi connectivity index (χ2n) is 14.9. The quantitative estimate of drug-likeness (QED) is 0.151. The number of nitrogens with one attached hydrogen (secondary N) is 2. The highest BCUT2D eigenvalue weighted by Crippen LogP contribution is 2.53. The van der Waals surface area contributed by atoms with Gasteiger partial charge in [-0.3, -0.25) is 14.4 Å². The van der Waals surface area contributed by atoms with Gasteiger partial charge in [0.1, 0.15) is 5.76 Å². The van der Waals surface area contributed by atoms with Crippen molar-refractivity contribution in [2.24, 2.45) is 11.8 Å². The Kier molecular flexibility index (Phi) is 9.92. The molecule has 0 unspecified atom stereocenters. The zero-order valence-electron chi connectivity index (χ0n) is 31.1. The molecule has 2 fully saturated rings. The SMILES string of the molecule is COc1ccc(CNC(=O)C[C@H]2C[C@H](C(=O)N3CCCCC3)[C@@]3(CCc4ccccc4)c4[nH]c5cc(-c6ccco6)ccc5c4CCN3C2=O)cc1OC. The number of aryl methyl sites for hydroxylation is 1. The average molecular weight is 729 g/mol. The number of rotatable bonds is 11. The summed E-state index contributed by atoms with van der Waals surface area (Å²) in [5.41, 5.74) is 5.14. The Balaban J connectivity index is 1.17. The maximum Gasteiger partial charge on any atom is 0.228 e. The number of amides is 3. The molecule has 10 heteroatoms. The van der Waals surface area contributed by atoms with Crippen LogP contribution in [0.5, 0.6) is 11.5 Å². The zero-order chi connectivity index (χ0) is 37.2. The van der Waals surface area contributed by atoms with E-state index < -0.39 is 17.4 Å². The molecule has 5 aromatic rings. The lowest BCUT2D eigenvalue weighted by molar-refractivity contribution is -0.167. The minimum atomic E-state index is -0.911. The van der Waals surface area contributed by atoms with Gasteiger partial charge in [-0.2, -0.15) is 0 Å². The Bertz CT molecular complexity index is 2140. The number of fused-ring (bicyclic) bond motifs is 5. The highest BCUT2D eigenvalue weighted by Gasteiger charge is 2.59.